The van der Waals surface area contributed by atoms with Crippen LogP contribution in [0.2, 0.25) is 0 Å². The molecular weight excluding hydrogens is 188 g/mol. The van der Waals surface area contributed by atoms with Gasteiger partial charge in [-0.3, -0.25) is 0 Å². The highest BCUT2D eigenvalue weighted by Crippen LogP contribution is 2.11. The molecule has 0 saturated carbocycles. The van der Waals surface area contributed by atoms with Gasteiger partial charge in [-0.05, 0) is 26.3 Å². The van der Waals surface area contributed by atoms with E-state index in [0.29, 0.717) is 12.1 Å². The van der Waals surface area contributed by atoms with Crippen LogP contribution in [0, 0.1) is 6.92 Å². The summed E-state index contributed by atoms with van der Waals surface area (Å²) in [6, 6.07) is 0.998. The Kier molecular flexibility index (Phi) is 2.86. The third-order valence-electron chi connectivity index (χ3n) is 2.61. The van der Waals surface area contributed by atoms with Gasteiger partial charge in [-0.15, -0.1) is 0 Å². The summed E-state index contributed by atoms with van der Waals surface area (Å²) in [5.41, 5.74) is 1.11. The normalized spacial score (nSPS) is 26.7. The summed E-state index contributed by atoms with van der Waals surface area (Å²) < 4.78 is 0. The minimum absolute atomic E-state index is 0.499. The van der Waals surface area contributed by atoms with Gasteiger partial charge < -0.3 is 10.2 Å². The Labute approximate surface area is 90.7 Å². The van der Waals surface area contributed by atoms with Gasteiger partial charge in [-0.25, -0.2) is 9.97 Å². The number of nitrogens with one attached hydrogen (secondary N) is 1. The largest absolute Gasteiger partial charge is 0.338 e. The standard InChI is InChI=1S/C11H18N4/c1-8-4-12-11(13-5-8)15-6-9(2)14-10(3)7-15/h4-5,9-10,14H,6-7H2,1-3H3/t9-,10+. The average Bonchev–Trinajstić information content (AvgIpc) is 2.17. The molecule has 0 aliphatic carbocycles. The van der Waals surface area contributed by atoms with Crippen molar-refractivity contribution < 1.29 is 0 Å². The van der Waals surface area contributed by atoms with Crippen molar-refractivity contribution in [2.24, 2.45) is 0 Å². The fourth-order valence-electron chi connectivity index (χ4n) is 2.04. The summed E-state index contributed by atoms with van der Waals surface area (Å²) in [5, 5.41) is 3.49. The molecule has 1 aromatic heterocycles. The van der Waals surface area contributed by atoms with Crippen LogP contribution in [0.25, 0.3) is 0 Å². The van der Waals surface area contributed by atoms with Gasteiger partial charge in [0.2, 0.25) is 5.95 Å². The Morgan fingerprint density at radius 1 is 1.20 bits per heavy atom. The first-order valence-corrected chi connectivity index (χ1v) is 5.45. The molecule has 2 atom stereocenters. The maximum atomic E-state index is 4.36. The highest BCUT2D eigenvalue weighted by Gasteiger charge is 2.22. The predicted molar refractivity (Wildman–Crippen MR) is 61.0 cm³/mol. The second-order valence-corrected chi connectivity index (χ2v) is 4.43. The summed E-state index contributed by atoms with van der Waals surface area (Å²) in [6.45, 7) is 8.35. The maximum Gasteiger partial charge on any atom is 0.225 e. The lowest BCUT2D eigenvalue weighted by Gasteiger charge is -2.36. The van der Waals surface area contributed by atoms with Crippen molar-refractivity contribution in [2.45, 2.75) is 32.9 Å². The van der Waals surface area contributed by atoms with E-state index in [1.807, 2.05) is 19.3 Å². The second kappa shape index (κ2) is 4.14. The Bertz CT molecular complexity index is 312. The lowest BCUT2D eigenvalue weighted by molar-refractivity contribution is 0.403. The van der Waals surface area contributed by atoms with E-state index >= 15 is 0 Å². The van der Waals surface area contributed by atoms with Gasteiger partial charge in [0.1, 0.15) is 0 Å². The van der Waals surface area contributed by atoms with Crippen LogP contribution in [0.4, 0.5) is 5.95 Å². The van der Waals surface area contributed by atoms with Crippen molar-refractivity contribution in [2.75, 3.05) is 18.0 Å². The number of aryl methyl sites for hydroxylation is 1. The summed E-state index contributed by atoms with van der Waals surface area (Å²) in [4.78, 5) is 11.0. The monoisotopic (exact) mass is 206 g/mol. The molecule has 1 aromatic rings. The number of hydrogen-bond acceptors (Lipinski definition) is 4. The van der Waals surface area contributed by atoms with E-state index in [0.717, 1.165) is 24.6 Å². The second-order valence-electron chi connectivity index (χ2n) is 4.43. The summed E-state index contributed by atoms with van der Waals surface area (Å²) in [5.74, 6) is 0.848. The molecule has 0 aromatic carbocycles. The number of hydrogen-bond donors (Lipinski definition) is 1. The van der Waals surface area contributed by atoms with Crippen LogP contribution < -0.4 is 10.2 Å². The van der Waals surface area contributed by atoms with Crippen LogP contribution in [0.3, 0.4) is 0 Å². The van der Waals surface area contributed by atoms with Crippen molar-refractivity contribution in [3.63, 3.8) is 0 Å². The van der Waals surface area contributed by atoms with E-state index in [-0.39, 0.29) is 0 Å². The average molecular weight is 206 g/mol. The van der Waals surface area contributed by atoms with Gasteiger partial charge in [0.05, 0.1) is 0 Å². The Morgan fingerprint density at radius 2 is 1.73 bits per heavy atom. The first-order chi connectivity index (χ1) is 7.15. The summed E-state index contributed by atoms with van der Waals surface area (Å²) >= 11 is 0. The van der Waals surface area contributed by atoms with E-state index in [2.05, 4.69) is 34.0 Å². The quantitative estimate of drug-likeness (QED) is 0.743. The highest BCUT2D eigenvalue weighted by molar-refractivity contribution is 5.31. The molecule has 0 bridgehead atoms. The molecule has 2 heterocycles. The van der Waals surface area contributed by atoms with Gasteiger partial charge >= 0.3 is 0 Å². The topological polar surface area (TPSA) is 41.1 Å². The maximum absolute atomic E-state index is 4.36. The molecule has 1 N–H and O–H groups in total. The molecule has 4 nitrogen and oxygen atoms in total. The van der Waals surface area contributed by atoms with Crippen LogP contribution in [0.1, 0.15) is 19.4 Å². The molecule has 0 amide bonds. The Morgan fingerprint density at radius 3 is 2.27 bits per heavy atom. The van der Waals surface area contributed by atoms with Gasteiger partial charge in [0.25, 0.3) is 0 Å². The number of anilines is 1. The smallest absolute Gasteiger partial charge is 0.225 e. The highest BCUT2D eigenvalue weighted by atomic mass is 15.3. The zero-order chi connectivity index (χ0) is 10.8. The molecule has 4 heteroatoms. The molecule has 0 radical (unpaired) electrons. The van der Waals surface area contributed by atoms with Crippen molar-refractivity contribution >= 4 is 5.95 Å². The van der Waals surface area contributed by atoms with Crippen molar-refractivity contribution in [1.29, 1.82) is 0 Å². The van der Waals surface area contributed by atoms with Crippen LogP contribution in [0.15, 0.2) is 12.4 Å². The predicted octanol–water partition coefficient (Wildman–Crippen LogP) is 0.972. The van der Waals surface area contributed by atoms with E-state index in [4.69, 9.17) is 0 Å². The van der Waals surface area contributed by atoms with E-state index in [1.165, 1.54) is 0 Å². The van der Waals surface area contributed by atoms with Gasteiger partial charge in [-0.2, -0.15) is 0 Å². The molecule has 15 heavy (non-hydrogen) atoms. The first-order valence-electron chi connectivity index (χ1n) is 5.45. The van der Waals surface area contributed by atoms with Crippen LogP contribution in [0.5, 0.6) is 0 Å². The molecular formula is C11H18N4. The van der Waals surface area contributed by atoms with Crippen LogP contribution in [-0.2, 0) is 0 Å². The zero-order valence-corrected chi connectivity index (χ0v) is 9.57. The van der Waals surface area contributed by atoms with Gasteiger partial charge in [0, 0.05) is 37.6 Å². The Balaban J connectivity index is 2.12. The third kappa shape index (κ3) is 2.45. The molecule has 0 unspecified atom stereocenters. The molecule has 2 rings (SSSR count). The lowest BCUT2D eigenvalue weighted by atomic mass is 10.1. The fourth-order valence-corrected chi connectivity index (χ4v) is 2.04. The van der Waals surface area contributed by atoms with Gasteiger partial charge in [-0.1, -0.05) is 0 Å². The van der Waals surface area contributed by atoms with Gasteiger partial charge in [0.15, 0.2) is 0 Å². The SMILES string of the molecule is Cc1cnc(N2C[C@@H](C)N[C@@H](C)C2)nc1. The molecule has 1 aliphatic rings. The van der Waals surface area contributed by atoms with E-state index in [1.54, 1.807) is 0 Å². The molecule has 82 valence electrons. The zero-order valence-electron chi connectivity index (χ0n) is 9.57. The number of rotatable bonds is 1. The lowest BCUT2D eigenvalue weighted by Crippen LogP contribution is -2.54. The first kappa shape index (κ1) is 10.4. The number of aromatic nitrogens is 2. The molecule has 1 fully saturated rings. The molecule has 1 saturated heterocycles. The minimum atomic E-state index is 0.499. The van der Waals surface area contributed by atoms with Crippen molar-refractivity contribution in [1.82, 2.24) is 15.3 Å². The van der Waals surface area contributed by atoms with Crippen molar-refractivity contribution in [3.8, 4) is 0 Å². The fraction of sp³-hybridized carbons (Fsp3) is 0.636. The minimum Gasteiger partial charge on any atom is -0.338 e. The number of piperazine rings is 1. The van der Waals surface area contributed by atoms with E-state index < -0.39 is 0 Å². The van der Waals surface area contributed by atoms with Crippen LogP contribution in [-0.4, -0.2) is 35.1 Å². The van der Waals surface area contributed by atoms with Crippen molar-refractivity contribution in [3.05, 3.63) is 18.0 Å². The van der Waals surface area contributed by atoms with Crippen LogP contribution >= 0.6 is 0 Å². The summed E-state index contributed by atoms with van der Waals surface area (Å²) in [6.07, 6.45) is 3.75. The Hall–Kier alpha value is -1.16. The molecule has 1 aliphatic heterocycles. The number of nitrogens with zero attached hydrogens (tertiary/aromatic N) is 3. The third-order valence-corrected chi connectivity index (χ3v) is 2.61. The molecule has 0 spiro atoms. The van der Waals surface area contributed by atoms with E-state index in [9.17, 15) is 0 Å². The summed E-state index contributed by atoms with van der Waals surface area (Å²) in [7, 11) is 0.